The normalized spacial score (nSPS) is 10.4. The van der Waals surface area contributed by atoms with E-state index in [1.54, 1.807) is 6.20 Å². The Morgan fingerprint density at radius 3 is 2.72 bits per heavy atom. The molecule has 0 aliphatic carbocycles. The molecule has 2 rings (SSSR count). The van der Waals surface area contributed by atoms with Crippen LogP contribution >= 0.6 is 34.5 Å². The van der Waals surface area contributed by atoms with E-state index < -0.39 is 0 Å². The van der Waals surface area contributed by atoms with Gasteiger partial charge in [-0.25, -0.2) is 4.98 Å². The van der Waals surface area contributed by atoms with Crippen LogP contribution in [-0.4, -0.2) is 10.9 Å². The van der Waals surface area contributed by atoms with Gasteiger partial charge in [-0.2, -0.15) is 0 Å². The maximum atomic E-state index is 11.9. The molecule has 0 saturated carbocycles. The molecule has 3 N–H and O–H groups in total. The van der Waals surface area contributed by atoms with Crippen LogP contribution in [0.3, 0.4) is 0 Å². The molecule has 4 nitrogen and oxygen atoms in total. The number of nitrogens with two attached hydrogens (primary N) is 1. The Morgan fingerprint density at radius 2 is 2.17 bits per heavy atom. The van der Waals surface area contributed by atoms with E-state index in [1.807, 2.05) is 6.92 Å². The van der Waals surface area contributed by atoms with Crippen LogP contribution in [0.5, 0.6) is 0 Å². The number of hydrogen-bond donors (Lipinski definition) is 2. The van der Waals surface area contributed by atoms with E-state index in [9.17, 15) is 4.79 Å². The Morgan fingerprint density at radius 1 is 1.44 bits per heavy atom. The molecule has 1 aromatic carbocycles. The molecule has 7 heteroatoms. The largest absolute Gasteiger partial charge is 0.397 e. The first-order valence-corrected chi connectivity index (χ1v) is 6.53. The van der Waals surface area contributed by atoms with Crippen molar-refractivity contribution in [2.75, 3.05) is 11.1 Å². The molecule has 1 aromatic heterocycles. The SMILES string of the molecule is Cc1cnc(NC(=O)c2cc(N)c(Cl)c(Cl)c2)s1. The van der Waals surface area contributed by atoms with Gasteiger partial charge in [-0.15, -0.1) is 11.3 Å². The van der Waals surface area contributed by atoms with E-state index in [2.05, 4.69) is 10.3 Å². The van der Waals surface area contributed by atoms with Crippen molar-refractivity contribution in [2.45, 2.75) is 6.92 Å². The molecule has 1 amide bonds. The standard InChI is InChI=1S/C11H9Cl2N3OS/c1-5-4-15-11(18-5)16-10(17)6-2-7(12)9(13)8(14)3-6/h2-4H,14H2,1H3,(H,15,16,17). The van der Waals surface area contributed by atoms with Gasteiger partial charge in [0.2, 0.25) is 0 Å². The predicted octanol–water partition coefficient (Wildman–Crippen LogP) is 3.59. The van der Waals surface area contributed by atoms with E-state index in [1.165, 1.54) is 23.5 Å². The fraction of sp³-hybridized carbons (Fsp3) is 0.0909. The molecule has 0 bridgehead atoms. The van der Waals surface area contributed by atoms with Crippen molar-refractivity contribution in [3.63, 3.8) is 0 Å². The lowest BCUT2D eigenvalue weighted by molar-refractivity contribution is 0.102. The molecule has 0 radical (unpaired) electrons. The summed E-state index contributed by atoms with van der Waals surface area (Å²) in [6.07, 6.45) is 1.68. The van der Waals surface area contributed by atoms with Crippen LogP contribution in [0.2, 0.25) is 10.0 Å². The lowest BCUT2D eigenvalue weighted by Gasteiger charge is -2.05. The summed E-state index contributed by atoms with van der Waals surface area (Å²) in [6, 6.07) is 2.94. The topological polar surface area (TPSA) is 68.0 Å². The number of aromatic nitrogens is 1. The van der Waals surface area contributed by atoms with Crippen molar-refractivity contribution in [3.8, 4) is 0 Å². The summed E-state index contributed by atoms with van der Waals surface area (Å²) >= 11 is 13.1. The van der Waals surface area contributed by atoms with Gasteiger partial charge in [0.05, 0.1) is 15.7 Å². The Kier molecular flexibility index (Phi) is 3.75. The first kappa shape index (κ1) is 13.1. The number of nitrogen functional groups attached to an aromatic ring is 1. The van der Waals surface area contributed by atoms with Gasteiger partial charge in [0.25, 0.3) is 5.91 Å². The van der Waals surface area contributed by atoms with Crippen molar-refractivity contribution in [3.05, 3.63) is 38.8 Å². The van der Waals surface area contributed by atoms with E-state index in [4.69, 9.17) is 28.9 Å². The Labute approximate surface area is 118 Å². The lowest BCUT2D eigenvalue weighted by atomic mass is 10.2. The number of amides is 1. The van der Waals surface area contributed by atoms with E-state index in [-0.39, 0.29) is 21.6 Å². The second kappa shape index (κ2) is 5.14. The number of halogens is 2. The summed E-state index contributed by atoms with van der Waals surface area (Å²) < 4.78 is 0. The number of hydrogen-bond acceptors (Lipinski definition) is 4. The van der Waals surface area contributed by atoms with E-state index >= 15 is 0 Å². The number of nitrogens with one attached hydrogen (secondary N) is 1. The average molecular weight is 302 g/mol. The van der Waals surface area contributed by atoms with Crippen molar-refractivity contribution in [1.29, 1.82) is 0 Å². The zero-order chi connectivity index (χ0) is 13.3. The summed E-state index contributed by atoms with van der Waals surface area (Å²) in [5, 5.41) is 3.69. The average Bonchev–Trinajstić information content (AvgIpc) is 2.71. The number of carbonyl (C=O) groups excluding carboxylic acids is 1. The monoisotopic (exact) mass is 301 g/mol. The third-order valence-corrected chi connectivity index (χ3v) is 3.81. The smallest absolute Gasteiger partial charge is 0.257 e. The van der Waals surface area contributed by atoms with Gasteiger partial charge < -0.3 is 5.73 Å². The van der Waals surface area contributed by atoms with Gasteiger partial charge in [0.15, 0.2) is 5.13 Å². The minimum Gasteiger partial charge on any atom is -0.397 e. The molecule has 18 heavy (non-hydrogen) atoms. The summed E-state index contributed by atoms with van der Waals surface area (Å²) in [5.41, 5.74) is 6.26. The minimum atomic E-state index is -0.324. The second-order valence-electron chi connectivity index (χ2n) is 3.59. The molecular formula is C11H9Cl2N3OS. The van der Waals surface area contributed by atoms with Crippen LogP contribution in [0.4, 0.5) is 10.8 Å². The predicted molar refractivity (Wildman–Crippen MR) is 75.7 cm³/mol. The van der Waals surface area contributed by atoms with Crippen molar-refractivity contribution < 1.29 is 4.79 Å². The van der Waals surface area contributed by atoms with Gasteiger partial charge in [-0.3, -0.25) is 10.1 Å². The quantitative estimate of drug-likeness (QED) is 0.833. The molecule has 0 spiro atoms. The maximum Gasteiger partial charge on any atom is 0.257 e. The third kappa shape index (κ3) is 2.75. The van der Waals surface area contributed by atoms with Crippen LogP contribution in [0, 0.1) is 6.92 Å². The molecular weight excluding hydrogens is 293 g/mol. The Bertz CT molecular complexity index is 589. The van der Waals surface area contributed by atoms with Crippen LogP contribution in [0.25, 0.3) is 0 Å². The summed E-state index contributed by atoms with van der Waals surface area (Å²) in [7, 11) is 0. The number of nitrogens with zero attached hydrogens (tertiary/aromatic N) is 1. The van der Waals surface area contributed by atoms with Crippen molar-refractivity contribution >= 4 is 51.3 Å². The summed E-state index contributed by atoms with van der Waals surface area (Å²) in [5.74, 6) is -0.324. The fourth-order valence-corrected chi connectivity index (χ4v) is 2.32. The zero-order valence-electron chi connectivity index (χ0n) is 9.33. The van der Waals surface area contributed by atoms with Gasteiger partial charge in [0.1, 0.15) is 0 Å². The molecule has 2 aromatic rings. The number of anilines is 2. The van der Waals surface area contributed by atoms with Crippen LogP contribution in [0.15, 0.2) is 18.3 Å². The second-order valence-corrected chi connectivity index (χ2v) is 5.61. The molecule has 0 saturated heterocycles. The molecule has 0 unspecified atom stereocenters. The molecule has 0 aliphatic heterocycles. The molecule has 0 fully saturated rings. The first-order valence-electron chi connectivity index (χ1n) is 4.95. The van der Waals surface area contributed by atoms with Gasteiger partial charge >= 0.3 is 0 Å². The minimum absolute atomic E-state index is 0.247. The van der Waals surface area contributed by atoms with E-state index in [0.29, 0.717) is 10.7 Å². The van der Waals surface area contributed by atoms with Crippen molar-refractivity contribution in [2.24, 2.45) is 0 Å². The first-order chi connectivity index (χ1) is 8.47. The maximum absolute atomic E-state index is 11.9. The summed E-state index contributed by atoms with van der Waals surface area (Å²) in [6.45, 7) is 1.91. The van der Waals surface area contributed by atoms with Crippen LogP contribution in [0.1, 0.15) is 15.2 Å². The molecule has 0 aliphatic rings. The number of thiazole rings is 1. The van der Waals surface area contributed by atoms with Gasteiger partial charge in [-0.05, 0) is 19.1 Å². The Balaban J connectivity index is 2.24. The van der Waals surface area contributed by atoms with E-state index in [0.717, 1.165) is 4.88 Å². The molecule has 94 valence electrons. The highest BCUT2D eigenvalue weighted by Crippen LogP contribution is 2.29. The number of aryl methyl sites for hydroxylation is 1. The molecule has 1 heterocycles. The highest BCUT2D eigenvalue weighted by atomic mass is 35.5. The van der Waals surface area contributed by atoms with Gasteiger partial charge in [-0.1, -0.05) is 23.2 Å². The number of rotatable bonds is 2. The lowest BCUT2D eigenvalue weighted by Crippen LogP contribution is -2.12. The zero-order valence-corrected chi connectivity index (χ0v) is 11.7. The highest BCUT2D eigenvalue weighted by molar-refractivity contribution is 7.15. The van der Waals surface area contributed by atoms with Crippen LogP contribution in [-0.2, 0) is 0 Å². The summed E-state index contributed by atoms with van der Waals surface area (Å²) in [4.78, 5) is 17.0. The Hall–Kier alpha value is -1.30. The fourth-order valence-electron chi connectivity index (χ4n) is 1.32. The third-order valence-electron chi connectivity index (χ3n) is 2.16. The highest BCUT2D eigenvalue weighted by Gasteiger charge is 2.12. The van der Waals surface area contributed by atoms with Gasteiger partial charge in [0, 0.05) is 16.6 Å². The van der Waals surface area contributed by atoms with Crippen molar-refractivity contribution in [1.82, 2.24) is 4.98 Å². The van der Waals surface area contributed by atoms with Crippen LogP contribution < -0.4 is 11.1 Å². The number of carbonyl (C=O) groups is 1. The molecule has 0 atom stereocenters. The number of benzene rings is 1.